The van der Waals surface area contributed by atoms with Crippen LogP contribution in [0, 0.1) is 0 Å². The van der Waals surface area contributed by atoms with Gasteiger partial charge in [-0.15, -0.1) is 6.58 Å². The highest BCUT2D eigenvalue weighted by Gasteiger charge is 2.37. The second kappa shape index (κ2) is 7.96. The SMILES string of the molecule is C=C(C)CCOC(c1ccccc1)(c1ccccc1)c1ccccc1. The van der Waals surface area contributed by atoms with E-state index >= 15 is 0 Å². The second-order valence-electron chi connectivity index (χ2n) is 6.33. The normalized spacial score (nSPS) is 11.2. The topological polar surface area (TPSA) is 9.23 Å². The molecule has 0 bridgehead atoms. The summed E-state index contributed by atoms with van der Waals surface area (Å²) in [4.78, 5) is 0. The summed E-state index contributed by atoms with van der Waals surface area (Å²) >= 11 is 0. The standard InChI is InChI=1S/C24H24O/c1-20(2)18-19-25-24(21-12-6-3-7-13-21,22-14-8-4-9-15-22)23-16-10-5-11-17-23/h3-17H,1,18-19H2,2H3. The van der Waals surface area contributed by atoms with Gasteiger partial charge in [-0.2, -0.15) is 0 Å². The molecule has 1 nitrogen and oxygen atoms in total. The van der Waals surface area contributed by atoms with Gasteiger partial charge in [0.05, 0.1) is 6.61 Å². The van der Waals surface area contributed by atoms with E-state index in [0.29, 0.717) is 6.61 Å². The van der Waals surface area contributed by atoms with Gasteiger partial charge in [0.15, 0.2) is 0 Å². The Labute approximate surface area is 150 Å². The van der Waals surface area contributed by atoms with Gasteiger partial charge >= 0.3 is 0 Å². The number of hydrogen-bond acceptors (Lipinski definition) is 1. The highest BCUT2D eigenvalue weighted by molar-refractivity contribution is 5.47. The van der Waals surface area contributed by atoms with Gasteiger partial charge in [-0.25, -0.2) is 0 Å². The fourth-order valence-corrected chi connectivity index (χ4v) is 3.15. The molecule has 0 aliphatic heterocycles. The van der Waals surface area contributed by atoms with Gasteiger partial charge < -0.3 is 4.74 Å². The molecule has 0 saturated carbocycles. The van der Waals surface area contributed by atoms with Crippen LogP contribution in [0.25, 0.3) is 0 Å². The van der Waals surface area contributed by atoms with E-state index in [9.17, 15) is 0 Å². The highest BCUT2D eigenvalue weighted by Crippen LogP contribution is 2.40. The summed E-state index contributed by atoms with van der Waals surface area (Å²) in [6.45, 7) is 6.67. The van der Waals surface area contributed by atoms with Crippen molar-refractivity contribution in [3.05, 3.63) is 120 Å². The number of benzene rings is 3. The molecule has 126 valence electrons. The summed E-state index contributed by atoms with van der Waals surface area (Å²) in [7, 11) is 0. The summed E-state index contributed by atoms with van der Waals surface area (Å²) in [6.07, 6.45) is 0.842. The molecule has 0 aliphatic rings. The Bertz CT molecular complexity index is 695. The third-order valence-electron chi connectivity index (χ3n) is 4.39. The minimum atomic E-state index is -0.626. The van der Waals surface area contributed by atoms with Crippen LogP contribution in [-0.2, 0) is 10.3 Å². The maximum absolute atomic E-state index is 6.64. The van der Waals surface area contributed by atoms with E-state index in [-0.39, 0.29) is 0 Å². The molecular formula is C24H24O. The van der Waals surface area contributed by atoms with Crippen molar-refractivity contribution in [2.75, 3.05) is 6.61 Å². The molecule has 1 heteroatoms. The molecule has 0 atom stereocenters. The van der Waals surface area contributed by atoms with Crippen molar-refractivity contribution >= 4 is 0 Å². The fourth-order valence-electron chi connectivity index (χ4n) is 3.15. The van der Waals surface area contributed by atoms with Gasteiger partial charge in [0.2, 0.25) is 0 Å². The molecule has 3 rings (SSSR count). The van der Waals surface area contributed by atoms with Crippen LogP contribution in [-0.4, -0.2) is 6.61 Å². The van der Waals surface area contributed by atoms with Crippen molar-refractivity contribution in [2.45, 2.75) is 18.9 Å². The van der Waals surface area contributed by atoms with E-state index in [2.05, 4.69) is 79.4 Å². The lowest BCUT2D eigenvalue weighted by Crippen LogP contribution is -2.33. The molecule has 0 unspecified atom stereocenters. The Morgan fingerprint density at radius 3 is 1.40 bits per heavy atom. The summed E-state index contributed by atoms with van der Waals surface area (Å²) in [5.41, 5.74) is 3.90. The molecule has 0 amide bonds. The first kappa shape index (κ1) is 17.2. The van der Waals surface area contributed by atoms with Crippen molar-refractivity contribution in [3.8, 4) is 0 Å². The van der Waals surface area contributed by atoms with Crippen molar-refractivity contribution in [3.63, 3.8) is 0 Å². The molecular weight excluding hydrogens is 304 g/mol. The number of rotatable bonds is 7. The van der Waals surface area contributed by atoms with E-state index in [1.165, 1.54) is 0 Å². The quantitative estimate of drug-likeness (QED) is 0.384. The van der Waals surface area contributed by atoms with Gasteiger partial charge in [0, 0.05) is 0 Å². The van der Waals surface area contributed by atoms with Crippen LogP contribution in [0.1, 0.15) is 30.0 Å². The largest absolute Gasteiger partial charge is 0.361 e. The molecule has 25 heavy (non-hydrogen) atoms. The van der Waals surface area contributed by atoms with Crippen LogP contribution in [0.4, 0.5) is 0 Å². The average molecular weight is 328 g/mol. The zero-order chi connectivity index (χ0) is 17.5. The van der Waals surface area contributed by atoms with Crippen LogP contribution in [0.5, 0.6) is 0 Å². The molecule has 0 N–H and O–H groups in total. The molecule has 0 radical (unpaired) electrons. The summed E-state index contributed by atoms with van der Waals surface area (Å²) in [6, 6.07) is 31.4. The van der Waals surface area contributed by atoms with Crippen molar-refractivity contribution in [1.82, 2.24) is 0 Å². The maximum atomic E-state index is 6.64. The van der Waals surface area contributed by atoms with Gasteiger partial charge in [0.25, 0.3) is 0 Å². The van der Waals surface area contributed by atoms with Crippen molar-refractivity contribution in [1.29, 1.82) is 0 Å². The fraction of sp³-hybridized carbons (Fsp3) is 0.167. The molecule has 3 aromatic carbocycles. The summed E-state index contributed by atoms with van der Waals surface area (Å²) in [5.74, 6) is 0. The predicted octanol–water partition coefficient (Wildman–Crippen LogP) is 5.96. The minimum absolute atomic E-state index is 0.619. The monoisotopic (exact) mass is 328 g/mol. The van der Waals surface area contributed by atoms with E-state index in [4.69, 9.17) is 4.74 Å². The predicted molar refractivity (Wildman–Crippen MR) is 105 cm³/mol. The second-order valence-corrected chi connectivity index (χ2v) is 6.33. The third kappa shape index (κ3) is 3.72. The molecule has 0 aromatic heterocycles. The Hall–Kier alpha value is -2.64. The maximum Gasteiger partial charge on any atom is 0.143 e. The van der Waals surface area contributed by atoms with Crippen LogP contribution in [0.3, 0.4) is 0 Å². The molecule has 3 aromatic rings. The highest BCUT2D eigenvalue weighted by atomic mass is 16.5. The number of hydrogen-bond donors (Lipinski definition) is 0. The molecule has 0 heterocycles. The van der Waals surface area contributed by atoms with Crippen LogP contribution in [0.2, 0.25) is 0 Å². The third-order valence-corrected chi connectivity index (χ3v) is 4.39. The Morgan fingerprint density at radius 1 is 0.720 bits per heavy atom. The van der Waals surface area contributed by atoms with Gasteiger partial charge in [-0.1, -0.05) is 96.6 Å². The van der Waals surface area contributed by atoms with Crippen LogP contribution in [0.15, 0.2) is 103 Å². The van der Waals surface area contributed by atoms with Gasteiger partial charge in [-0.3, -0.25) is 0 Å². The van der Waals surface area contributed by atoms with Crippen LogP contribution < -0.4 is 0 Å². The van der Waals surface area contributed by atoms with Gasteiger partial charge in [0.1, 0.15) is 5.60 Å². The minimum Gasteiger partial charge on any atom is -0.361 e. The smallest absolute Gasteiger partial charge is 0.143 e. The van der Waals surface area contributed by atoms with E-state index in [1.54, 1.807) is 0 Å². The lowest BCUT2D eigenvalue weighted by atomic mass is 9.80. The molecule has 0 spiro atoms. The van der Waals surface area contributed by atoms with E-state index < -0.39 is 5.60 Å². The van der Waals surface area contributed by atoms with Gasteiger partial charge in [-0.05, 0) is 30.0 Å². The lowest BCUT2D eigenvalue weighted by molar-refractivity contribution is 0.0148. The molecule has 0 saturated heterocycles. The summed E-state index contributed by atoms with van der Waals surface area (Å²) in [5, 5.41) is 0. The zero-order valence-electron chi connectivity index (χ0n) is 14.7. The first-order valence-electron chi connectivity index (χ1n) is 8.68. The number of ether oxygens (including phenoxy) is 1. The van der Waals surface area contributed by atoms with Crippen molar-refractivity contribution in [2.24, 2.45) is 0 Å². The zero-order valence-corrected chi connectivity index (χ0v) is 14.7. The van der Waals surface area contributed by atoms with E-state index in [0.717, 1.165) is 28.7 Å². The Morgan fingerprint density at radius 2 is 1.08 bits per heavy atom. The summed E-state index contributed by atoms with van der Waals surface area (Å²) < 4.78 is 6.64. The van der Waals surface area contributed by atoms with Crippen LogP contribution >= 0.6 is 0 Å². The Kier molecular flexibility index (Phi) is 5.47. The Balaban J connectivity index is 2.18. The van der Waals surface area contributed by atoms with Crippen molar-refractivity contribution < 1.29 is 4.74 Å². The average Bonchev–Trinajstić information content (AvgIpc) is 2.67. The van der Waals surface area contributed by atoms with E-state index in [1.807, 2.05) is 25.1 Å². The molecule has 0 aliphatic carbocycles. The first-order chi connectivity index (χ1) is 12.2. The molecule has 0 fully saturated rings. The first-order valence-corrected chi connectivity index (χ1v) is 8.68. The lowest BCUT2D eigenvalue weighted by Gasteiger charge is -2.36.